The monoisotopic (exact) mass is 240 g/mol. The Kier molecular flexibility index (Phi) is 3.11. The molecule has 0 amide bonds. The molecule has 4 nitrogen and oxygen atoms in total. The van der Waals surface area contributed by atoms with Gasteiger partial charge in [0.05, 0.1) is 0 Å². The molecule has 0 aliphatic carbocycles. The lowest BCUT2D eigenvalue weighted by Gasteiger charge is -2.17. The van der Waals surface area contributed by atoms with Gasteiger partial charge in [-0.25, -0.2) is 0 Å². The molecule has 0 aromatic heterocycles. The minimum Gasteiger partial charge on any atom is -0.861 e. The summed E-state index contributed by atoms with van der Waals surface area (Å²) in [5, 5.41) is 3.94. The van der Waals surface area contributed by atoms with E-state index in [-0.39, 0.29) is 0 Å². The van der Waals surface area contributed by atoms with Gasteiger partial charge in [-0.15, -0.1) is 0 Å². The normalized spacial score (nSPS) is 15.7. The van der Waals surface area contributed by atoms with Crippen LogP contribution in [-0.4, -0.2) is 25.7 Å². The zero-order valence-electron chi connectivity index (χ0n) is 6.47. The Labute approximate surface area is 75.1 Å². The summed E-state index contributed by atoms with van der Waals surface area (Å²) in [6, 6.07) is 0. The summed E-state index contributed by atoms with van der Waals surface area (Å²) >= 11 is 0. The largest absolute Gasteiger partial charge is 0.861 e. The molecule has 0 rings (SSSR count). The molecule has 14 heavy (non-hydrogen) atoms. The smallest absolute Gasteiger partial charge is 0.471 e. The van der Waals surface area contributed by atoms with Crippen LogP contribution in [0.1, 0.15) is 6.92 Å². The molecule has 84 valence electrons. The molecule has 0 atom stereocenters. The zero-order chi connectivity index (χ0) is 11.8. The van der Waals surface area contributed by atoms with E-state index in [9.17, 15) is 35.5 Å². The van der Waals surface area contributed by atoms with Gasteiger partial charge in [0.2, 0.25) is 0 Å². The molecule has 0 aromatic rings. The molecule has 0 spiro atoms. The molecule has 0 unspecified atom stereocenters. The van der Waals surface area contributed by atoms with Crippen molar-refractivity contribution in [2.75, 3.05) is 0 Å². The van der Waals surface area contributed by atoms with Crippen molar-refractivity contribution in [2.45, 2.75) is 18.4 Å². The van der Waals surface area contributed by atoms with Gasteiger partial charge in [-0.1, -0.05) is 0 Å². The average Bonchev–Trinajstić information content (AvgIpc) is 1.80. The van der Waals surface area contributed by atoms with Crippen molar-refractivity contribution in [2.24, 2.45) is 4.40 Å². The average molecular weight is 240 g/mol. The number of hydrogen-bond acceptors (Lipinski definition) is 3. The highest BCUT2D eigenvalue weighted by atomic mass is 32.2. The molecule has 0 aromatic carbocycles. The highest BCUT2D eigenvalue weighted by Gasteiger charge is 2.67. The van der Waals surface area contributed by atoms with Crippen molar-refractivity contribution in [1.82, 2.24) is 0 Å². The third kappa shape index (κ3) is 2.30. The molecule has 0 bridgehead atoms. The van der Waals surface area contributed by atoms with E-state index in [2.05, 4.69) is 0 Å². The van der Waals surface area contributed by atoms with Crippen LogP contribution in [0.15, 0.2) is 4.40 Å². The van der Waals surface area contributed by atoms with E-state index < -0.39 is 27.4 Å². The fourth-order valence-electron chi connectivity index (χ4n) is 0.373. The molecular weight excluding hydrogens is 237 g/mol. The van der Waals surface area contributed by atoms with Crippen LogP contribution in [-0.2, 0) is 10.0 Å². The Balaban J connectivity index is 5.44. The van der Waals surface area contributed by atoms with Gasteiger partial charge in [0.1, 0.15) is 0 Å². The van der Waals surface area contributed by atoms with Crippen LogP contribution in [0.5, 0.6) is 0 Å². The van der Waals surface area contributed by atoms with Crippen LogP contribution < -0.4 is 5.11 Å². The summed E-state index contributed by atoms with van der Waals surface area (Å²) in [7, 11) is -6.20. The maximum Gasteiger partial charge on any atom is 0.471 e. The van der Waals surface area contributed by atoms with E-state index >= 15 is 0 Å². The second kappa shape index (κ2) is 3.33. The van der Waals surface area contributed by atoms with Gasteiger partial charge in [0, 0.05) is 0 Å². The number of nitrogens with zero attached hydrogens (tertiary/aromatic N) is 1. The lowest BCUT2D eigenvalue weighted by atomic mass is 10.7. The Morgan fingerprint density at radius 1 is 1.21 bits per heavy atom. The Morgan fingerprint density at radius 2 is 1.57 bits per heavy atom. The van der Waals surface area contributed by atoms with Crippen molar-refractivity contribution in [3.05, 3.63) is 0 Å². The lowest BCUT2D eigenvalue weighted by Crippen LogP contribution is -2.43. The van der Waals surface area contributed by atoms with Crippen LogP contribution in [0.3, 0.4) is 0 Å². The standard InChI is InChI=1S/C4H4F5NO3S/c1-2(11)10-14(12,13)4(8,9)3(5,6)7/h1H3,(H,10,11)/p-1. The first-order chi connectivity index (χ1) is 5.92. The van der Waals surface area contributed by atoms with Crippen molar-refractivity contribution in [1.29, 1.82) is 0 Å². The van der Waals surface area contributed by atoms with Gasteiger partial charge in [0.25, 0.3) is 0 Å². The number of rotatable bonds is 2. The van der Waals surface area contributed by atoms with Crippen LogP contribution in [0.25, 0.3) is 0 Å². The minimum atomic E-state index is -6.30. The quantitative estimate of drug-likeness (QED) is 0.394. The summed E-state index contributed by atoms with van der Waals surface area (Å²) in [5.41, 5.74) is 0. The number of alkyl halides is 5. The van der Waals surface area contributed by atoms with Gasteiger partial charge >= 0.3 is 21.5 Å². The van der Waals surface area contributed by atoms with Gasteiger partial charge < -0.3 is 5.11 Å². The Hall–Kier alpha value is -0.930. The fourth-order valence-corrected chi connectivity index (χ4v) is 1.12. The summed E-state index contributed by atoms with van der Waals surface area (Å²) in [4.78, 5) is 0. The van der Waals surface area contributed by atoms with Crippen molar-refractivity contribution >= 4 is 15.9 Å². The summed E-state index contributed by atoms with van der Waals surface area (Å²) < 4.78 is 80.9. The van der Waals surface area contributed by atoms with Crippen LogP contribution in [0, 0.1) is 0 Å². The highest BCUT2D eigenvalue weighted by Crippen LogP contribution is 2.40. The predicted octanol–water partition coefficient (Wildman–Crippen LogP) is 0.250. The maximum atomic E-state index is 12.1. The third-order valence-electron chi connectivity index (χ3n) is 0.903. The SMILES string of the molecule is CC([O-])=NS(=O)(=O)C(F)(F)C(F)(F)F. The maximum absolute atomic E-state index is 12.1. The second-order valence-electron chi connectivity index (χ2n) is 2.10. The molecular formula is C4H3F5NO3S-. The van der Waals surface area contributed by atoms with E-state index in [1.54, 1.807) is 4.40 Å². The molecule has 0 radical (unpaired) electrons. The van der Waals surface area contributed by atoms with Crippen molar-refractivity contribution in [3.8, 4) is 0 Å². The summed E-state index contributed by atoms with van der Waals surface area (Å²) in [5.74, 6) is -1.66. The van der Waals surface area contributed by atoms with E-state index in [1.165, 1.54) is 0 Å². The molecule has 0 aliphatic rings. The Morgan fingerprint density at radius 3 is 1.79 bits per heavy atom. The van der Waals surface area contributed by atoms with Crippen molar-refractivity contribution < 1.29 is 35.5 Å². The third-order valence-corrected chi connectivity index (χ3v) is 2.28. The first kappa shape index (κ1) is 13.1. The van der Waals surface area contributed by atoms with Gasteiger partial charge in [-0.2, -0.15) is 34.8 Å². The number of hydrogen-bond donors (Lipinski definition) is 0. The Bertz CT molecular complexity index is 338. The van der Waals surface area contributed by atoms with Crippen LogP contribution in [0.4, 0.5) is 22.0 Å². The summed E-state index contributed by atoms with van der Waals surface area (Å²) in [6.45, 7) is 0.435. The molecule has 0 heterocycles. The molecule has 0 saturated heterocycles. The second-order valence-corrected chi connectivity index (χ2v) is 3.75. The van der Waals surface area contributed by atoms with E-state index in [0.29, 0.717) is 6.92 Å². The van der Waals surface area contributed by atoms with Gasteiger partial charge in [-0.3, -0.25) is 0 Å². The van der Waals surface area contributed by atoms with Crippen LogP contribution >= 0.6 is 0 Å². The van der Waals surface area contributed by atoms with E-state index in [4.69, 9.17) is 0 Å². The first-order valence-electron chi connectivity index (χ1n) is 2.84. The highest BCUT2D eigenvalue weighted by molar-refractivity contribution is 7.91. The minimum absolute atomic E-state index is 0.435. The fraction of sp³-hybridized carbons (Fsp3) is 0.750. The lowest BCUT2D eigenvalue weighted by molar-refractivity contribution is -0.241. The van der Waals surface area contributed by atoms with Crippen molar-refractivity contribution in [3.63, 3.8) is 0 Å². The molecule has 0 fully saturated rings. The number of sulfonamides is 1. The molecule has 10 heteroatoms. The first-order valence-corrected chi connectivity index (χ1v) is 4.28. The number of halogens is 5. The van der Waals surface area contributed by atoms with E-state index in [1.807, 2.05) is 0 Å². The summed E-state index contributed by atoms with van der Waals surface area (Å²) in [6.07, 6.45) is -6.30. The molecule has 0 saturated carbocycles. The van der Waals surface area contributed by atoms with Crippen LogP contribution in [0.2, 0.25) is 0 Å². The van der Waals surface area contributed by atoms with E-state index in [0.717, 1.165) is 0 Å². The predicted molar refractivity (Wildman–Crippen MR) is 33.0 cm³/mol. The van der Waals surface area contributed by atoms with Gasteiger partial charge in [-0.05, 0) is 12.8 Å². The topological polar surface area (TPSA) is 69.6 Å². The molecule has 0 N–H and O–H groups in total. The van der Waals surface area contributed by atoms with Gasteiger partial charge in [0.15, 0.2) is 0 Å². The zero-order valence-corrected chi connectivity index (χ0v) is 7.29. The molecule has 0 aliphatic heterocycles.